The van der Waals surface area contributed by atoms with Crippen molar-refractivity contribution in [1.82, 2.24) is 14.8 Å². The highest BCUT2D eigenvalue weighted by Gasteiger charge is 2.11. The topological polar surface area (TPSA) is 59.8 Å². The zero-order valence-corrected chi connectivity index (χ0v) is 14.8. The van der Waals surface area contributed by atoms with Crippen molar-refractivity contribution in [1.29, 1.82) is 0 Å². The van der Waals surface area contributed by atoms with E-state index < -0.39 is 0 Å². The van der Waals surface area contributed by atoms with Crippen LogP contribution in [0.4, 0.5) is 5.82 Å². The molecule has 0 unspecified atom stereocenters. The van der Waals surface area contributed by atoms with Gasteiger partial charge in [-0.1, -0.05) is 30.0 Å². The molecular weight excluding hydrogens is 320 g/mol. The van der Waals surface area contributed by atoms with Crippen LogP contribution < -0.4 is 5.32 Å². The number of pyridine rings is 1. The van der Waals surface area contributed by atoms with Crippen molar-refractivity contribution in [2.75, 3.05) is 11.1 Å². The van der Waals surface area contributed by atoms with Crippen LogP contribution in [0.15, 0.2) is 47.6 Å². The summed E-state index contributed by atoms with van der Waals surface area (Å²) >= 11 is 1.44. The summed E-state index contributed by atoms with van der Waals surface area (Å²) in [5, 5.41) is 9.13. The van der Waals surface area contributed by atoms with Gasteiger partial charge in [0.2, 0.25) is 5.91 Å². The molecular formula is C18H20N4OS. The number of nitrogens with zero attached hydrogens (tertiary/aromatic N) is 3. The number of thioether (sulfide) groups is 1. The van der Waals surface area contributed by atoms with Crippen molar-refractivity contribution in [2.24, 2.45) is 0 Å². The highest BCUT2D eigenvalue weighted by atomic mass is 32.2. The molecule has 0 aliphatic rings. The lowest BCUT2D eigenvalue weighted by atomic mass is 10.1. The minimum absolute atomic E-state index is 0.0602. The largest absolute Gasteiger partial charge is 0.310 e. The lowest BCUT2D eigenvalue weighted by Gasteiger charge is -2.11. The Morgan fingerprint density at radius 2 is 2.08 bits per heavy atom. The van der Waals surface area contributed by atoms with E-state index in [0.29, 0.717) is 5.75 Å². The predicted molar refractivity (Wildman–Crippen MR) is 98.4 cm³/mol. The fourth-order valence-corrected chi connectivity index (χ4v) is 3.31. The number of carbonyl (C=O) groups excluding carboxylic acids is 1. The molecule has 124 valence electrons. The van der Waals surface area contributed by atoms with E-state index >= 15 is 0 Å². The molecule has 0 radical (unpaired) electrons. The summed E-state index contributed by atoms with van der Waals surface area (Å²) in [5.74, 6) is 0.974. The van der Waals surface area contributed by atoms with Crippen molar-refractivity contribution in [3.05, 3.63) is 48.2 Å². The summed E-state index contributed by atoms with van der Waals surface area (Å²) in [6.07, 6.45) is 1.69. The standard InChI is InChI=1S/C18H20N4OS/c1-12(2)22-16(8-9-19-22)21-17(23)11-24-18-10-13(3)14-6-4-5-7-15(14)20-18/h4-10,12H,11H2,1-3H3,(H,21,23). The molecule has 3 aromatic rings. The van der Waals surface area contributed by atoms with E-state index in [-0.39, 0.29) is 11.9 Å². The maximum Gasteiger partial charge on any atom is 0.235 e. The molecule has 6 heteroatoms. The summed E-state index contributed by atoms with van der Waals surface area (Å²) in [6.45, 7) is 6.12. The summed E-state index contributed by atoms with van der Waals surface area (Å²) in [7, 11) is 0. The number of anilines is 1. The molecule has 0 fully saturated rings. The molecule has 2 aromatic heterocycles. The molecule has 3 rings (SSSR count). The molecule has 5 nitrogen and oxygen atoms in total. The van der Waals surface area contributed by atoms with Gasteiger partial charge in [-0.05, 0) is 38.5 Å². The summed E-state index contributed by atoms with van der Waals surface area (Å²) in [5.41, 5.74) is 2.12. The molecule has 0 saturated heterocycles. The van der Waals surface area contributed by atoms with Crippen molar-refractivity contribution in [3.63, 3.8) is 0 Å². The van der Waals surface area contributed by atoms with Gasteiger partial charge in [-0.3, -0.25) is 4.79 Å². The van der Waals surface area contributed by atoms with Gasteiger partial charge in [-0.2, -0.15) is 5.10 Å². The fourth-order valence-electron chi connectivity index (χ4n) is 2.54. The first-order valence-corrected chi connectivity index (χ1v) is 8.85. The Hall–Kier alpha value is -2.34. The van der Waals surface area contributed by atoms with E-state index in [1.54, 1.807) is 16.9 Å². The average Bonchev–Trinajstić information content (AvgIpc) is 3.01. The third kappa shape index (κ3) is 3.59. The first kappa shape index (κ1) is 16.5. The van der Waals surface area contributed by atoms with Crippen LogP contribution in [0, 0.1) is 6.92 Å². The Morgan fingerprint density at radius 3 is 2.88 bits per heavy atom. The van der Waals surface area contributed by atoms with Crippen LogP contribution in [0.2, 0.25) is 0 Å². The smallest absolute Gasteiger partial charge is 0.235 e. The summed E-state index contributed by atoms with van der Waals surface area (Å²) < 4.78 is 1.79. The third-order valence-corrected chi connectivity index (χ3v) is 4.59. The lowest BCUT2D eigenvalue weighted by molar-refractivity contribution is -0.113. The van der Waals surface area contributed by atoms with E-state index in [2.05, 4.69) is 28.4 Å². The number of aryl methyl sites for hydroxylation is 1. The van der Waals surface area contributed by atoms with Gasteiger partial charge in [-0.25, -0.2) is 9.67 Å². The van der Waals surface area contributed by atoms with Crippen LogP contribution >= 0.6 is 11.8 Å². The van der Waals surface area contributed by atoms with Crippen molar-refractivity contribution >= 4 is 34.4 Å². The number of rotatable bonds is 5. The van der Waals surface area contributed by atoms with Crippen molar-refractivity contribution in [2.45, 2.75) is 31.8 Å². The number of hydrogen-bond acceptors (Lipinski definition) is 4. The van der Waals surface area contributed by atoms with Gasteiger partial charge < -0.3 is 5.32 Å². The Kier molecular flexibility index (Phi) is 4.85. The van der Waals surface area contributed by atoms with Crippen LogP contribution in [0.25, 0.3) is 10.9 Å². The van der Waals surface area contributed by atoms with Gasteiger partial charge in [0.1, 0.15) is 5.82 Å². The fraction of sp³-hybridized carbons (Fsp3) is 0.278. The zero-order chi connectivity index (χ0) is 17.1. The van der Waals surface area contributed by atoms with Crippen LogP contribution in [-0.2, 0) is 4.79 Å². The quantitative estimate of drug-likeness (QED) is 0.712. The second kappa shape index (κ2) is 7.05. The third-order valence-electron chi connectivity index (χ3n) is 3.68. The Morgan fingerprint density at radius 1 is 1.29 bits per heavy atom. The Labute approximate surface area is 145 Å². The summed E-state index contributed by atoms with van der Waals surface area (Å²) in [6, 6.07) is 12.1. The highest BCUT2D eigenvalue weighted by molar-refractivity contribution is 7.99. The first-order valence-electron chi connectivity index (χ1n) is 7.87. The number of hydrogen-bond donors (Lipinski definition) is 1. The van der Waals surface area contributed by atoms with Gasteiger partial charge in [0.15, 0.2) is 0 Å². The van der Waals surface area contributed by atoms with Crippen molar-refractivity contribution in [3.8, 4) is 0 Å². The van der Waals surface area contributed by atoms with Crippen LogP contribution in [0.3, 0.4) is 0 Å². The molecule has 0 saturated carbocycles. The predicted octanol–water partition coefficient (Wildman–Crippen LogP) is 4.05. The Bertz CT molecular complexity index is 872. The molecule has 1 aromatic carbocycles. The van der Waals surface area contributed by atoms with E-state index in [0.717, 1.165) is 21.7 Å². The molecule has 2 heterocycles. The SMILES string of the molecule is Cc1cc(SCC(=O)Nc2ccnn2C(C)C)nc2ccccc12. The number of para-hydroxylation sites is 1. The number of carbonyl (C=O) groups is 1. The van der Waals surface area contributed by atoms with Gasteiger partial charge >= 0.3 is 0 Å². The first-order chi connectivity index (χ1) is 11.5. The average molecular weight is 340 g/mol. The van der Waals surface area contributed by atoms with Gasteiger partial charge in [0, 0.05) is 17.5 Å². The number of nitrogens with one attached hydrogen (secondary N) is 1. The number of aromatic nitrogens is 3. The number of fused-ring (bicyclic) bond motifs is 1. The molecule has 24 heavy (non-hydrogen) atoms. The second-order valence-electron chi connectivity index (χ2n) is 5.89. The maximum absolute atomic E-state index is 12.2. The second-order valence-corrected chi connectivity index (χ2v) is 6.88. The van der Waals surface area contributed by atoms with E-state index in [9.17, 15) is 4.79 Å². The minimum atomic E-state index is -0.0602. The highest BCUT2D eigenvalue weighted by Crippen LogP contribution is 2.23. The summed E-state index contributed by atoms with van der Waals surface area (Å²) in [4.78, 5) is 16.8. The van der Waals surface area contributed by atoms with Crippen LogP contribution in [-0.4, -0.2) is 26.4 Å². The van der Waals surface area contributed by atoms with E-state index in [1.807, 2.05) is 38.1 Å². The zero-order valence-electron chi connectivity index (χ0n) is 14.0. The van der Waals surface area contributed by atoms with Gasteiger partial charge in [0.05, 0.1) is 22.5 Å². The Balaban J connectivity index is 1.67. The minimum Gasteiger partial charge on any atom is -0.310 e. The molecule has 0 atom stereocenters. The maximum atomic E-state index is 12.2. The van der Waals surface area contributed by atoms with E-state index in [1.165, 1.54) is 17.3 Å². The van der Waals surface area contributed by atoms with Crippen LogP contribution in [0.5, 0.6) is 0 Å². The number of amides is 1. The molecule has 0 aliphatic carbocycles. The van der Waals surface area contributed by atoms with Crippen LogP contribution in [0.1, 0.15) is 25.5 Å². The van der Waals surface area contributed by atoms with Gasteiger partial charge in [0.25, 0.3) is 0 Å². The lowest BCUT2D eigenvalue weighted by Crippen LogP contribution is -2.18. The monoisotopic (exact) mass is 340 g/mol. The van der Waals surface area contributed by atoms with Crippen molar-refractivity contribution < 1.29 is 4.79 Å². The molecule has 1 N–H and O–H groups in total. The van der Waals surface area contributed by atoms with Gasteiger partial charge in [-0.15, -0.1) is 0 Å². The van der Waals surface area contributed by atoms with E-state index in [4.69, 9.17) is 0 Å². The molecule has 1 amide bonds. The molecule has 0 spiro atoms. The molecule has 0 aliphatic heterocycles. The normalized spacial score (nSPS) is 11.2. The molecule has 0 bridgehead atoms. The number of benzene rings is 1.